The molecule has 3 aromatic rings. The van der Waals surface area contributed by atoms with Crippen molar-refractivity contribution < 1.29 is 32.2 Å². The Kier molecular flexibility index (Phi) is 6.41. The third kappa shape index (κ3) is 6.08. The molecule has 1 heterocycles. The van der Waals surface area contributed by atoms with Gasteiger partial charge in [0, 0.05) is 0 Å². The quantitative estimate of drug-likeness (QED) is 0.559. The van der Waals surface area contributed by atoms with Crippen LogP contribution < -0.4 is 10.1 Å². The van der Waals surface area contributed by atoms with Crippen LogP contribution in [0.3, 0.4) is 0 Å². The van der Waals surface area contributed by atoms with Gasteiger partial charge in [0.2, 0.25) is 0 Å². The fourth-order valence-corrected chi connectivity index (χ4v) is 3.29. The maximum atomic E-state index is 12.2. The number of alkyl halides is 3. The summed E-state index contributed by atoms with van der Waals surface area (Å²) in [5, 5.41) is 3.80. The lowest BCUT2D eigenvalue weighted by Gasteiger charge is -2.08. The van der Waals surface area contributed by atoms with Gasteiger partial charge in [0.05, 0.1) is 4.88 Å². The van der Waals surface area contributed by atoms with Crippen LogP contribution >= 0.6 is 11.3 Å². The van der Waals surface area contributed by atoms with E-state index in [-0.39, 0.29) is 17.2 Å². The first-order chi connectivity index (χ1) is 14.2. The van der Waals surface area contributed by atoms with Crippen molar-refractivity contribution in [1.29, 1.82) is 0 Å². The van der Waals surface area contributed by atoms with Gasteiger partial charge < -0.3 is 9.47 Å². The van der Waals surface area contributed by atoms with E-state index in [2.05, 4.69) is 10.1 Å². The van der Waals surface area contributed by atoms with E-state index in [0.29, 0.717) is 11.1 Å². The Hall–Kier alpha value is -3.33. The van der Waals surface area contributed by atoms with Crippen LogP contribution in [-0.2, 0) is 11.3 Å². The van der Waals surface area contributed by atoms with Crippen LogP contribution in [0.4, 0.5) is 18.0 Å². The average Bonchev–Trinajstić information content (AvgIpc) is 3.17. The van der Waals surface area contributed by atoms with Gasteiger partial charge in [0.25, 0.3) is 5.91 Å². The first-order valence-corrected chi connectivity index (χ1v) is 9.56. The van der Waals surface area contributed by atoms with E-state index in [4.69, 9.17) is 4.74 Å². The van der Waals surface area contributed by atoms with Crippen LogP contribution in [0, 0.1) is 6.92 Å². The smallest absolute Gasteiger partial charge is 0.444 e. The Bertz CT molecular complexity index is 1030. The van der Waals surface area contributed by atoms with Gasteiger partial charge in [0.15, 0.2) is 0 Å². The van der Waals surface area contributed by atoms with Crippen LogP contribution in [0.5, 0.6) is 5.75 Å². The van der Waals surface area contributed by atoms with E-state index >= 15 is 0 Å². The summed E-state index contributed by atoms with van der Waals surface area (Å²) >= 11 is 1.09. The maximum Gasteiger partial charge on any atom is 0.573 e. The number of nitrogens with one attached hydrogen (secondary N) is 1. The number of carbonyl (C=O) groups excluding carboxylic acids is 2. The molecule has 0 aliphatic heterocycles. The van der Waals surface area contributed by atoms with Gasteiger partial charge in [-0.15, -0.1) is 24.5 Å². The van der Waals surface area contributed by atoms with Crippen molar-refractivity contribution in [2.75, 3.05) is 0 Å². The number of benzene rings is 2. The van der Waals surface area contributed by atoms with Crippen molar-refractivity contribution in [2.45, 2.75) is 19.9 Å². The molecule has 0 unspecified atom stereocenters. The zero-order valence-electron chi connectivity index (χ0n) is 15.7. The van der Waals surface area contributed by atoms with Crippen LogP contribution in [0.15, 0.2) is 60.0 Å². The molecular weight excluding hydrogens is 419 g/mol. The fraction of sp³-hybridized carbons (Fsp3) is 0.143. The van der Waals surface area contributed by atoms with Gasteiger partial charge in [-0.2, -0.15) is 0 Å². The first kappa shape index (κ1) is 21.4. The van der Waals surface area contributed by atoms with Gasteiger partial charge >= 0.3 is 12.5 Å². The summed E-state index contributed by atoms with van der Waals surface area (Å²) in [6.07, 6.45) is -5.63. The summed E-state index contributed by atoms with van der Waals surface area (Å²) in [4.78, 5) is 24.3. The Morgan fingerprint density at radius 3 is 2.30 bits per heavy atom. The van der Waals surface area contributed by atoms with Gasteiger partial charge in [-0.3, -0.25) is 10.1 Å². The second-order valence-electron chi connectivity index (χ2n) is 6.29. The summed E-state index contributed by atoms with van der Waals surface area (Å²) in [5.41, 5.74) is 3.09. The summed E-state index contributed by atoms with van der Waals surface area (Å²) < 4.78 is 45.5. The summed E-state index contributed by atoms with van der Waals surface area (Å²) in [5.74, 6) is -0.965. The molecule has 0 radical (unpaired) electrons. The predicted molar refractivity (Wildman–Crippen MR) is 105 cm³/mol. The lowest BCUT2D eigenvalue weighted by Crippen LogP contribution is -2.30. The summed E-state index contributed by atoms with van der Waals surface area (Å²) in [7, 11) is 0. The van der Waals surface area contributed by atoms with Crippen LogP contribution in [0.1, 0.15) is 20.8 Å². The van der Waals surface area contributed by atoms with Gasteiger partial charge in [0.1, 0.15) is 12.4 Å². The van der Waals surface area contributed by atoms with Crippen molar-refractivity contribution >= 4 is 23.3 Å². The zero-order chi connectivity index (χ0) is 21.7. The molecular formula is C21H16F3NO4S. The second-order valence-corrected chi connectivity index (χ2v) is 7.20. The number of amides is 2. The molecule has 2 amide bonds. The number of rotatable bonds is 5. The molecule has 3 rings (SSSR count). The number of carbonyl (C=O) groups is 2. The number of thiophene rings is 1. The largest absolute Gasteiger partial charge is 0.573 e. The van der Waals surface area contributed by atoms with Gasteiger partial charge in [-0.25, -0.2) is 4.79 Å². The molecule has 9 heteroatoms. The summed E-state index contributed by atoms with van der Waals surface area (Å²) in [6, 6.07) is 14.2. The Balaban J connectivity index is 1.56. The number of hydrogen-bond acceptors (Lipinski definition) is 5. The lowest BCUT2D eigenvalue weighted by atomic mass is 10.1. The standard InChI is InChI=1S/C21H16F3NO4S/c1-13-2-4-14(5-3-13)11-28-20(27)25-19(26)18-10-16(12-30-18)15-6-8-17(9-7-15)29-21(22,23)24/h2-10,12H,11H2,1H3,(H,25,26,27). The van der Waals surface area contributed by atoms with Crippen LogP contribution in [0.25, 0.3) is 11.1 Å². The molecule has 0 fully saturated rings. The number of halogens is 3. The minimum atomic E-state index is -4.76. The molecule has 1 N–H and O–H groups in total. The fourth-order valence-electron chi connectivity index (χ4n) is 2.48. The van der Waals surface area contributed by atoms with Crippen LogP contribution in [0.2, 0.25) is 0 Å². The van der Waals surface area contributed by atoms with Gasteiger partial charge in [-0.1, -0.05) is 42.0 Å². The van der Waals surface area contributed by atoms with E-state index in [1.807, 2.05) is 31.2 Å². The number of aryl methyl sites for hydroxylation is 1. The molecule has 0 atom stereocenters. The van der Waals surface area contributed by atoms with Crippen molar-refractivity contribution in [1.82, 2.24) is 5.32 Å². The Labute approximate surface area is 174 Å². The molecule has 2 aromatic carbocycles. The van der Waals surface area contributed by atoms with E-state index in [1.165, 1.54) is 30.3 Å². The first-order valence-electron chi connectivity index (χ1n) is 8.68. The van der Waals surface area contributed by atoms with E-state index in [9.17, 15) is 22.8 Å². The molecule has 0 aliphatic rings. The molecule has 5 nitrogen and oxygen atoms in total. The molecule has 30 heavy (non-hydrogen) atoms. The van der Waals surface area contributed by atoms with Crippen molar-refractivity contribution in [3.63, 3.8) is 0 Å². The van der Waals surface area contributed by atoms with Crippen molar-refractivity contribution in [2.24, 2.45) is 0 Å². The molecule has 0 saturated heterocycles. The highest BCUT2D eigenvalue weighted by Gasteiger charge is 2.31. The number of ether oxygens (including phenoxy) is 2. The molecule has 0 bridgehead atoms. The predicted octanol–water partition coefficient (Wildman–Crippen LogP) is 5.69. The Morgan fingerprint density at radius 2 is 1.67 bits per heavy atom. The van der Waals surface area contributed by atoms with Gasteiger partial charge in [-0.05, 0) is 47.2 Å². The van der Waals surface area contributed by atoms with E-state index in [1.54, 1.807) is 5.38 Å². The average molecular weight is 435 g/mol. The SMILES string of the molecule is Cc1ccc(COC(=O)NC(=O)c2cc(-c3ccc(OC(F)(F)F)cc3)cs2)cc1. The minimum Gasteiger partial charge on any atom is -0.444 e. The third-order valence-electron chi connectivity index (χ3n) is 3.95. The second kappa shape index (κ2) is 9.00. The molecule has 1 aromatic heterocycles. The van der Waals surface area contributed by atoms with Crippen molar-refractivity contribution in [3.05, 3.63) is 76.0 Å². The highest BCUT2D eigenvalue weighted by molar-refractivity contribution is 7.12. The van der Waals surface area contributed by atoms with E-state index < -0.39 is 18.4 Å². The lowest BCUT2D eigenvalue weighted by molar-refractivity contribution is -0.274. The molecule has 0 saturated carbocycles. The molecule has 156 valence electrons. The number of alkyl carbamates (subject to hydrolysis) is 1. The molecule has 0 aliphatic carbocycles. The molecule has 0 spiro atoms. The summed E-state index contributed by atoms with van der Waals surface area (Å²) in [6.45, 7) is 1.97. The normalized spacial score (nSPS) is 11.1. The number of imide groups is 1. The Morgan fingerprint density at radius 1 is 1.00 bits per heavy atom. The van der Waals surface area contributed by atoms with E-state index in [0.717, 1.165) is 22.5 Å². The third-order valence-corrected chi connectivity index (χ3v) is 4.88. The van der Waals surface area contributed by atoms with Crippen molar-refractivity contribution in [3.8, 4) is 16.9 Å². The maximum absolute atomic E-state index is 12.2. The number of hydrogen-bond donors (Lipinski definition) is 1. The zero-order valence-corrected chi connectivity index (χ0v) is 16.5. The monoisotopic (exact) mass is 435 g/mol. The highest BCUT2D eigenvalue weighted by atomic mass is 32.1. The highest BCUT2D eigenvalue weighted by Crippen LogP contribution is 2.29. The minimum absolute atomic E-state index is 0.0292. The van der Waals surface area contributed by atoms with Crippen LogP contribution in [-0.4, -0.2) is 18.4 Å². The topological polar surface area (TPSA) is 64.6 Å².